The van der Waals surface area contributed by atoms with Gasteiger partial charge in [-0.3, -0.25) is 0 Å². The van der Waals surface area contributed by atoms with Gasteiger partial charge in [0.1, 0.15) is 22.7 Å². The van der Waals surface area contributed by atoms with E-state index in [1.165, 1.54) is 22.3 Å². The number of rotatable bonds is 5. The molecule has 13 rings (SSSR count). The van der Waals surface area contributed by atoms with Crippen molar-refractivity contribution in [2.75, 3.05) is 0 Å². The molecule has 0 fully saturated rings. The zero-order valence-corrected chi connectivity index (χ0v) is 36.4. The van der Waals surface area contributed by atoms with E-state index in [0.717, 1.165) is 83.5 Å². The molecule has 3 heterocycles. The summed E-state index contributed by atoms with van der Waals surface area (Å²) in [5, 5.41) is 2.22. The molecule has 1 aliphatic heterocycles. The number of benzene rings is 9. The lowest BCUT2D eigenvalue weighted by molar-refractivity contribution is 0.425. The van der Waals surface area contributed by atoms with E-state index in [1.807, 2.05) is 42.5 Å². The Hall–Kier alpha value is -8.41. The van der Waals surface area contributed by atoms with Gasteiger partial charge in [-0.25, -0.2) is 15.0 Å². The summed E-state index contributed by atoms with van der Waals surface area (Å²) in [6.07, 6.45) is 0. The molecule has 1 aliphatic carbocycles. The fraction of sp³-hybridized carbons (Fsp3) is 0.0656. The van der Waals surface area contributed by atoms with Crippen molar-refractivity contribution >= 4 is 21.9 Å². The highest BCUT2D eigenvalue weighted by molar-refractivity contribution is 6.09. The lowest BCUT2D eigenvalue weighted by Gasteiger charge is -2.50. The number of fused-ring (bicyclic) bond motifs is 11. The van der Waals surface area contributed by atoms with E-state index in [4.69, 9.17) is 24.1 Å². The number of hydrogen-bond acceptors (Lipinski definition) is 5. The third-order valence-corrected chi connectivity index (χ3v) is 13.9. The highest BCUT2D eigenvalue weighted by atomic mass is 16.5. The molecular weight excluding hydrogens is 807 g/mol. The minimum atomic E-state index is -0.609. The van der Waals surface area contributed by atoms with Gasteiger partial charge in [0.25, 0.3) is 0 Å². The van der Waals surface area contributed by atoms with Crippen molar-refractivity contribution in [2.45, 2.75) is 24.7 Å². The molecule has 0 atom stereocenters. The molecular formula is C61H41N3O2. The predicted molar refractivity (Wildman–Crippen MR) is 265 cm³/mol. The quantitative estimate of drug-likeness (QED) is 0.173. The highest BCUT2D eigenvalue weighted by Gasteiger charge is 2.52. The molecule has 0 N–H and O–H groups in total. The zero-order chi connectivity index (χ0) is 44.0. The van der Waals surface area contributed by atoms with Gasteiger partial charge in [-0.2, -0.15) is 0 Å². The number of para-hydroxylation sites is 3. The Morgan fingerprint density at radius 1 is 0.348 bits per heavy atom. The molecule has 0 saturated heterocycles. The van der Waals surface area contributed by atoms with E-state index >= 15 is 0 Å². The van der Waals surface area contributed by atoms with E-state index < -0.39 is 5.41 Å². The maximum atomic E-state index is 6.81. The van der Waals surface area contributed by atoms with Gasteiger partial charge in [0, 0.05) is 49.6 Å². The van der Waals surface area contributed by atoms with Gasteiger partial charge in [-0.05, 0) is 69.3 Å². The lowest BCUT2D eigenvalue weighted by atomic mass is 9.53. The van der Waals surface area contributed by atoms with Gasteiger partial charge < -0.3 is 9.15 Å². The van der Waals surface area contributed by atoms with Crippen molar-refractivity contribution in [1.29, 1.82) is 0 Å². The van der Waals surface area contributed by atoms with Gasteiger partial charge in [-0.15, -0.1) is 0 Å². The molecule has 2 aliphatic rings. The molecule has 0 amide bonds. The first-order chi connectivity index (χ1) is 32.4. The lowest BCUT2D eigenvalue weighted by Crippen LogP contribution is -2.43. The molecule has 0 bridgehead atoms. The van der Waals surface area contributed by atoms with Crippen LogP contribution >= 0.6 is 0 Å². The average molecular weight is 848 g/mol. The van der Waals surface area contributed by atoms with Crippen LogP contribution < -0.4 is 4.74 Å². The Labute approximate surface area is 382 Å². The van der Waals surface area contributed by atoms with Crippen LogP contribution in [0, 0.1) is 0 Å². The maximum Gasteiger partial charge on any atom is 0.164 e. The molecule has 0 unspecified atom stereocenters. The van der Waals surface area contributed by atoms with Crippen molar-refractivity contribution in [3.63, 3.8) is 0 Å². The van der Waals surface area contributed by atoms with E-state index in [1.54, 1.807) is 0 Å². The Balaban J connectivity index is 0.937. The van der Waals surface area contributed by atoms with Crippen LogP contribution in [0.2, 0.25) is 0 Å². The summed E-state index contributed by atoms with van der Waals surface area (Å²) in [6.45, 7) is 4.70. The van der Waals surface area contributed by atoms with Crippen LogP contribution in [-0.4, -0.2) is 15.0 Å². The van der Waals surface area contributed by atoms with Gasteiger partial charge in [0.2, 0.25) is 0 Å². The molecule has 0 saturated carbocycles. The molecule has 5 nitrogen and oxygen atoms in total. The van der Waals surface area contributed by atoms with Gasteiger partial charge >= 0.3 is 0 Å². The van der Waals surface area contributed by atoms with Crippen LogP contribution in [0.4, 0.5) is 0 Å². The summed E-state index contributed by atoms with van der Waals surface area (Å²) in [4.78, 5) is 15.4. The smallest absolute Gasteiger partial charge is 0.164 e. The number of hydrogen-bond donors (Lipinski definition) is 0. The van der Waals surface area contributed by atoms with Crippen LogP contribution in [0.3, 0.4) is 0 Å². The first-order valence-corrected chi connectivity index (χ1v) is 22.5. The first kappa shape index (κ1) is 38.1. The maximum absolute atomic E-state index is 6.81. The summed E-state index contributed by atoms with van der Waals surface area (Å²) in [5.74, 6) is 3.54. The average Bonchev–Trinajstić information content (AvgIpc) is 3.77. The number of furan rings is 1. The molecule has 5 heteroatoms. The second-order valence-corrected chi connectivity index (χ2v) is 17.9. The van der Waals surface area contributed by atoms with Crippen LogP contribution in [0.1, 0.15) is 47.2 Å². The summed E-state index contributed by atoms with van der Waals surface area (Å²) >= 11 is 0. The second kappa shape index (κ2) is 14.6. The van der Waals surface area contributed by atoms with E-state index in [0.29, 0.717) is 17.5 Å². The van der Waals surface area contributed by atoms with Crippen molar-refractivity contribution in [3.05, 3.63) is 246 Å². The van der Waals surface area contributed by atoms with Gasteiger partial charge in [0.05, 0.1) is 5.41 Å². The Morgan fingerprint density at radius 3 is 1.59 bits per heavy atom. The third kappa shape index (κ3) is 5.69. The predicted octanol–water partition coefficient (Wildman–Crippen LogP) is 15.2. The molecule has 11 aromatic rings. The SMILES string of the molecule is CC1(C)c2ccccc2C2(c3ccccc3Oc3ccc(-c4cccc(-c5nc(-c6ccccc6)nc(-c6ccc(-c7cccc8c7oc7ccccc78)cc6)n5)c4)cc32)c2ccccc21. The highest BCUT2D eigenvalue weighted by Crippen LogP contribution is 2.61. The van der Waals surface area contributed by atoms with Crippen LogP contribution in [0.15, 0.2) is 217 Å². The van der Waals surface area contributed by atoms with Gasteiger partial charge in [-0.1, -0.05) is 196 Å². The van der Waals surface area contributed by atoms with Crippen molar-refractivity contribution in [1.82, 2.24) is 15.0 Å². The van der Waals surface area contributed by atoms with Crippen molar-refractivity contribution in [3.8, 4) is 67.9 Å². The minimum absolute atomic E-state index is 0.202. The van der Waals surface area contributed by atoms with Gasteiger partial charge in [0.15, 0.2) is 17.5 Å². The normalized spacial score (nSPS) is 14.0. The van der Waals surface area contributed by atoms with Crippen LogP contribution in [0.25, 0.3) is 78.4 Å². The summed E-state index contributed by atoms with van der Waals surface area (Å²) < 4.78 is 13.2. The monoisotopic (exact) mass is 847 g/mol. The Bertz CT molecular complexity index is 3670. The van der Waals surface area contributed by atoms with Crippen LogP contribution in [-0.2, 0) is 10.8 Å². The third-order valence-electron chi connectivity index (χ3n) is 13.9. The van der Waals surface area contributed by atoms with E-state index in [9.17, 15) is 0 Å². The Morgan fingerprint density at radius 2 is 0.848 bits per heavy atom. The fourth-order valence-corrected chi connectivity index (χ4v) is 10.8. The second-order valence-electron chi connectivity index (χ2n) is 17.9. The summed E-state index contributed by atoms with van der Waals surface area (Å²) in [7, 11) is 0. The molecule has 0 radical (unpaired) electrons. The van der Waals surface area contributed by atoms with E-state index in [2.05, 4.69) is 184 Å². The first-order valence-electron chi connectivity index (χ1n) is 22.5. The fourth-order valence-electron chi connectivity index (χ4n) is 10.8. The number of nitrogens with zero attached hydrogens (tertiary/aromatic N) is 3. The molecule has 66 heavy (non-hydrogen) atoms. The van der Waals surface area contributed by atoms with E-state index in [-0.39, 0.29) is 5.41 Å². The molecule has 9 aromatic carbocycles. The summed E-state index contributed by atoms with van der Waals surface area (Å²) in [6, 6.07) is 74.8. The van der Waals surface area contributed by atoms with Crippen molar-refractivity contribution in [2.24, 2.45) is 0 Å². The molecule has 1 spiro atoms. The largest absolute Gasteiger partial charge is 0.457 e. The van der Waals surface area contributed by atoms with Crippen LogP contribution in [0.5, 0.6) is 11.5 Å². The van der Waals surface area contributed by atoms with Crippen molar-refractivity contribution < 1.29 is 9.15 Å². The molecule has 2 aromatic heterocycles. The number of aromatic nitrogens is 3. The minimum Gasteiger partial charge on any atom is -0.457 e. The number of ether oxygens (including phenoxy) is 1. The summed E-state index contributed by atoms with van der Waals surface area (Å²) in [5.41, 5.74) is 15.3. The standard InChI is InChI=1S/C61H41N3O2/c1-60(2)47-23-7-9-25-49(47)61(50-26-10-8-24-48(50)60)51-27-11-13-29-54(51)65-55-35-34-42(37-52(55)61)41-18-14-19-43(36-41)59-63-57(39-16-4-3-5-17-39)62-58(64-59)40-32-30-38(31-33-40)44-21-15-22-46-45-20-6-12-28-53(45)66-56(44)46/h3-37H,1-2H3. The molecule has 312 valence electrons. The zero-order valence-electron chi connectivity index (χ0n) is 36.4. The Kier molecular flexibility index (Phi) is 8.40. The topological polar surface area (TPSA) is 61.0 Å².